The Bertz CT molecular complexity index is 1200. The van der Waals surface area contributed by atoms with Gasteiger partial charge in [-0.15, -0.1) is 10.2 Å². The predicted molar refractivity (Wildman–Crippen MR) is 115 cm³/mol. The van der Waals surface area contributed by atoms with Gasteiger partial charge in [-0.1, -0.05) is 30.3 Å². The first-order valence-electron chi connectivity index (χ1n) is 9.31. The minimum atomic E-state index is -1.06. The van der Waals surface area contributed by atoms with Gasteiger partial charge in [-0.2, -0.15) is 0 Å². The fourth-order valence-corrected chi connectivity index (χ4v) is 2.60. The van der Waals surface area contributed by atoms with Crippen LogP contribution in [0, 0.1) is 20.2 Å². The van der Waals surface area contributed by atoms with Gasteiger partial charge in [0.2, 0.25) is 0 Å². The normalized spacial score (nSPS) is 10.5. The lowest BCUT2D eigenvalue weighted by atomic mass is 10.1. The lowest BCUT2D eigenvalue weighted by Gasteiger charge is -2.07. The van der Waals surface area contributed by atoms with E-state index in [2.05, 4.69) is 15.7 Å². The molecule has 12 heteroatoms. The van der Waals surface area contributed by atoms with Crippen LogP contribution in [0.25, 0.3) is 0 Å². The van der Waals surface area contributed by atoms with Gasteiger partial charge in [0, 0.05) is 12.1 Å². The van der Waals surface area contributed by atoms with Crippen molar-refractivity contribution in [2.75, 3.05) is 5.48 Å². The number of nitrogens with one attached hydrogen (secondary N) is 1. The second kappa shape index (κ2) is 10.3. The summed E-state index contributed by atoms with van der Waals surface area (Å²) in [7, 11) is 0. The van der Waals surface area contributed by atoms with Gasteiger partial charge < -0.3 is 4.84 Å². The number of carbonyl (C=O) groups excluding carboxylic acids is 2. The van der Waals surface area contributed by atoms with Crippen molar-refractivity contribution in [1.82, 2.24) is 0 Å². The fraction of sp³-hybridized carbons (Fsp3) is 0.0476. The average molecular weight is 449 g/mol. The smallest absolute Gasteiger partial charge is 0.338 e. The van der Waals surface area contributed by atoms with Crippen molar-refractivity contribution in [3.63, 3.8) is 0 Å². The van der Waals surface area contributed by atoms with Crippen molar-refractivity contribution in [1.29, 1.82) is 0 Å². The minimum Gasteiger partial charge on any atom is -0.338 e. The zero-order valence-electron chi connectivity index (χ0n) is 16.8. The Balaban J connectivity index is 1.59. The third kappa shape index (κ3) is 6.49. The van der Waals surface area contributed by atoms with Crippen LogP contribution in [0.15, 0.2) is 83.0 Å². The Morgan fingerprint density at radius 2 is 1.48 bits per heavy atom. The van der Waals surface area contributed by atoms with Gasteiger partial charge >= 0.3 is 5.97 Å². The summed E-state index contributed by atoms with van der Waals surface area (Å²) in [6.07, 6.45) is 0.121. The van der Waals surface area contributed by atoms with E-state index in [9.17, 15) is 29.8 Å². The van der Waals surface area contributed by atoms with E-state index in [1.165, 1.54) is 24.3 Å². The zero-order chi connectivity index (χ0) is 23.8. The van der Waals surface area contributed by atoms with Crippen LogP contribution in [0.5, 0.6) is 0 Å². The third-order valence-corrected chi connectivity index (χ3v) is 4.16. The molecule has 0 bridgehead atoms. The number of nitro benzene ring substituents is 2. The van der Waals surface area contributed by atoms with Crippen LogP contribution in [0.3, 0.4) is 0 Å². The molecule has 12 nitrogen and oxygen atoms in total. The highest BCUT2D eigenvalue weighted by Crippen LogP contribution is 2.23. The number of rotatable bonds is 8. The predicted octanol–water partition coefficient (Wildman–Crippen LogP) is 4.54. The molecule has 0 saturated carbocycles. The summed E-state index contributed by atoms with van der Waals surface area (Å²) >= 11 is 0. The van der Waals surface area contributed by atoms with Gasteiger partial charge in [-0.25, -0.2) is 10.3 Å². The van der Waals surface area contributed by atoms with Gasteiger partial charge in [0.05, 0.1) is 39.3 Å². The minimum absolute atomic E-state index is 0.121. The molecule has 0 saturated heterocycles. The Hall–Kier alpha value is -5.00. The van der Waals surface area contributed by atoms with Crippen LogP contribution in [0.4, 0.5) is 22.7 Å². The molecule has 0 fully saturated rings. The lowest BCUT2D eigenvalue weighted by Crippen LogP contribution is -2.11. The summed E-state index contributed by atoms with van der Waals surface area (Å²) in [6.45, 7) is 0. The van der Waals surface area contributed by atoms with E-state index >= 15 is 0 Å². The van der Waals surface area contributed by atoms with Gasteiger partial charge in [0.25, 0.3) is 17.3 Å². The largest absolute Gasteiger partial charge is 0.363 e. The van der Waals surface area contributed by atoms with Crippen LogP contribution < -0.4 is 5.48 Å². The van der Waals surface area contributed by atoms with E-state index < -0.39 is 33.1 Å². The summed E-state index contributed by atoms with van der Waals surface area (Å²) in [5.74, 6) is -1.47. The highest BCUT2D eigenvalue weighted by Gasteiger charge is 2.21. The monoisotopic (exact) mass is 449 g/mol. The number of non-ortho nitro benzene ring substituents is 2. The van der Waals surface area contributed by atoms with E-state index in [0.717, 1.165) is 23.8 Å². The molecule has 0 heterocycles. The first-order chi connectivity index (χ1) is 15.8. The van der Waals surface area contributed by atoms with Crippen molar-refractivity contribution in [2.45, 2.75) is 6.42 Å². The number of carbonyl (C=O) groups is 2. The molecular weight excluding hydrogens is 434 g/mol. The number of amides is 1. The first kappa shape index (κ1) is 22.7. The van der Waals surface area contributed by atoms with Gasteiger partial charge in [-0.05, 0) is 29.8 Å². The quantitative estimate of drug-likeness (QED) is 0.297. The molecule has 0 aliphatic heterocycles. The Kier molecular flexibility index (Phi) is 7.11. The fourth-order valence-electron chi connectivity index (χ4n) is 2.60. The zero-order valence-corrected chi connectivity index (χ0v) is 16.8. The molecule has 0 atom stereocenters. The Morgan fingerprint density at radius 3 is 2.06 bits per heavy atom. The van der Waals surface area contributed by atoms with Crippen LogP contribution >= 0.6 is 0 Å². The molecule has 0 aliphatic rings. The van der Waals surface area contributed by atoms with E-state index in [1.54, 1.807) is 12.1 Å². The van der Waals surface area contributed by atoms with Crippen LogP contribution in [-0.2, 0) is 16.1 Å². The van der Waals surface area contributed by atoms with Gasteiger partial charge in [0.1, 0.15) is 0 Å². The van der Waals surface area contributed by atoms with Crippen molar-refractivity contribution in [3.8, 4) is 0 Å². The van der Waals surface area contributed by atoms with Crippen molar-refractivity contribution in [3.05, 3.63) is 104 Å². The molecule has 1 N–H and O–H groups in total. The maximum atomic E-state index is 12.2. The number of anilines is 1. The highest BCUT2D eigenvalue weighted by atomic mass is 16.7. The second-order valence-electron chi connectivity index (χ2n) is 6.55. The second-order valence-corrected chi connectivity index (χ2v) is 6.55. The lowest BCUT2D eigenvalue weighted by molar-refractivity contribution is -0.394. The molecule has 0 spiro atoms. The summed E-state index contributed by atoms with van der Waals surface area (Å²) in [4.78, 5) is 49.0. The van der Waals surface area contributed by atoms with E-state index in [1.807, 2.05) is 18.2 Å². The molecule has 33 heavy (non-hydrogen) atoms. The average Bonchev–Trinajstić information content (AvgIpc) is 2.82. The van der Waals surface area contributed by atoms with E-state index in [0.29, 0.717) is 11.4 Å². The molecule has 3 aromatic rings. The summed E-state index contributed by atoms with van der Waals surface area (Å²) in [5.41, 5.74) is 2.24. The number of nitrogens with zero attached hydrogens (tertiary/aromatic N) is 4. The molecular formula is C21H15N5O7. The number of azo groups is 1. The molecule has 0 aliphatic carbocycles. The SMILES string of the molecule is O=C(Cc1ccccc1)N=Nc1ccc(NOC(=O)c2cc([N+](=O)[O-])cc([N+](=O)[O-])c2)cc1. The maximum Gasteiger partial charge on any atom is 0.363 e. The molecule has 1 amide bonds. The molecule has 0 unspecified atom stereocenters. The van der Waals surface area contributed by atoms with Crippen LogP contribution in [0.2, 0.25) is 0 Å². The number of nitro groups is 2. The molecule has 3 rings (SSSR count). The highest BCUT2D eigenvalue weighted by molar-refractivity contribution is 5.91. The first-order valence-corrected chi connectivity index (χ1v) is 9.31. The third-order valence-electron chi connectivity index (χ3n) is 4.16. The van der Waals surface area contributed by atoms with Crippen molar-refractivity contribution < 1.29 is 24.3 Å². The molecule has 0 radical (unpaired) electrons. The summed E-state index contributed by atoms with van der Waals surface area (Å²) in [5, 5.41) is 29.4. The maximum absolute atomic E-state index is 12.2. The van der Waals surface area contributed by atoms with Crippen LogP contribution in [0.1, 0.15) is 15.9 Å². The topological polar surface area (TPSA) is 166 Å². The van der Waals surface area contributed by atoms with Crippen molar-refractivity contribution >= 4 is 34.6 Å². The summed E-state index contributed by atoms with van der Waals surface area (Å²) in [6, 6.07) is 17.6. The van der Waals surface area contributed by atoms with E-state index in [-0.39, 0.29) is 12.0 Å². The van der Waals surface area contributed by atoms with Crippen LogP contribution in [-0.4, -0.2) is 21.7 Å². The molecule has 0 aromatic heterocycles. The van der Waals surface area contributed by atoms with Gasteiger partial charge in [-0.3, -0.25) is 25.0 Å². The standard InChI is InChI=1S/C21H15N5O7/c27-20(10-14-4-2-1-3-5-14)23-22-16-6-8-17(9-7-16)24-33-21(28)15-11-18(25(29)30)13-19(12-15)26(31)32/h1-9,11-13,24H,10H2. The molecule has 166 valence electrons. The Labute approximate surface area is 185 Å². The molecule has 3 aromatic carbocycles. The Morgan fingerprint density at radius 1 is 0.879 bits per heavy atom. The summed E-state index contributed by atoms with van der Waals surface area (Å²) < 4.78 is 0. The van der Waals surface area contributed by atoms with Gasteiger partial charge in [0.15, 0.2) is 0 Å². The number of benzene rings is 3. The number of hydrogen-bond acceptors (Lipinski definition) is 9. The van der Waals surface area contributed by atoms with E-state index in [4.69, 9.17) is 4.84 Å². The number of hydrogen-bond donors (Lipinski definition) is 1. The van der Waals surface area contributed by atoms with Crippen molar-refractivity contribution in [2.24, 2.45) is 10.2 Å².